The van der Waals surface area contributed by atoms with E-state index >= 15 is 0 Å². The van der Waals surface area contributed by atoms with Crippen LogP contribution in [0.5, 0.6) is 0 Å². The molecule has 120 valence electrons. The molecule has 1 aromatic rings. The van der Waals surface area contributed by atoms with Crippen LogP contribution in [-0.4, -0.2) is 48.8 Å². The number of rotatable bonds is 7. The van der Waals surface area contributed by atoms with E-state index in [0.717, 1.165) is 39.2 Å². The number of hydrogen-bond acceptors (Lipinski definition) is 6. The van der Waals surface area contributed by atoms with E-state index in [9.17, 15) is 0 Å². The highest BCUT2D eigenvalue weighted by molar-refractivity contribution is 8.00. The standard InChI is InChI=1S/C15H27N3OS2/c1-5-13-14(8-16-6-7-19-4)21-15(17-13)18-9-11(2)20-12(3)10-18/h11-12,16H,5-10H2,1-4H3. The molecule has 1 aliphatic rings. The molecule has 4 nitrogen and oxygen atoms in total. The summed E-state index contributed by atoms with van der Waals surface area (Å²) in [4.78, 5) is 8.73. The minimum absolute atomic E-state index is 0.686. The third-order valence-corrected chi connectivity index (χ3v) is 5.95. The number of methoxy groups -OCH3 is 1. The van der Waals surface area contributed by atoms with Crippen molar-refractivity contribution in [1.29, 1.82) is 0 Å². The first-order valence-electron chi connectivity index (χ1n) is 7.72. The van der Waals surface area contributed by atoms with E-state index < -0.39 is 0 Å². The average Bonchev–Trinajstić information content (AvgIpc) is 2.86. The second-order valence-electron chi connectivity index (χ2n) is 5.55. The van der Waals surface area contributed by atoms with Crippen molar-refractivity contribution in [2.75, 3.05) is 38.3 Å². The van der Waals surface area contributed by atoms with Crippen LogP contribution in [0.25, 0.3) is 0 Å². The highest BCUT2D eigenvalue weighted by atomic mass is 32.2. The van der Waals surface area contributed by atoms with Crippen molar-refractivity contribution < 1.29 is 4.74 Å². The zero-order valence-electron chi connectivity index (χ0n) is 13.5. The number of thiazole rings is 1. The van der Waals surface area contributed by atoms with E-state index in [2.05, 4.69) is 42.7 Å². The van der Waals surface area contributed by atoms with E-state index in [1.807, 2.05) is 11.3 Å². The molecule has 1 aromatic heterocycles. The van der Waals surface area contributed by atoms with Gasteiger partial charge < -0.3 is 15.0 Å². The second-order valence-corrected chi connectivity index (χ2v) is 8.50. The Morgan fingerprint density at radius 1 is 1.33 bits per heavy atom. The predicted octanol–water partition coefficient (Wildman–Crippen LogP) is 2.77. The molecule has 0 aliphatic carbocycles. The Hall–Kier alpha value is -0.300. The number of thioether (sulfide) groups is 1. The Bertz CT molecular complexity index is 429. The summed E-state index contributed by atoms with van der Waals surface area (Å²) in [7, 11) is 1.74. The lowest BCUT2D eigenvalue weighted by Crippen LogP contribution is -2.40. The van der Waals surface area contributed by atoms with Crippen molar-refractivity contribution in [3.05, 3.63) is 10.6 Å². The van der Waals surface area contributed by atoms with Gasteiger partial charge in [0.1, 0.15) is 0 Å². The maximum absolute atomic E-state index is 5.08. The van der Waals surface area contributed by atoms with Crippen LogP contribution in [0.3, 0.4) is 0 Å². The van der Waals surface area contributed by atoms with Gasteiger partial charge in [0.2, 0.25) is 0 Å². The summed E-state index contributed by atoms with van der Waals surface area (Å²) in [5.41, 5.74) is 1.25. The van der Waals surface area contributed by atoms with Gasteiger partial charge in [-0.1, -0.05) is 20.8 Å². The molecule has 0 saturated carbocycles. The fraction of sp³-hybridized carbons (Fsp3) is 0.800. The summed E-state index contributed by atoms with van der Waals surface area (Å²) in [6, 6.07) is 0. The van der Waals surface area contributed by atoms with Crippen molar-refractivity contribution in [3.8, 4) is 0 Å². The van der Waals surface area contributed by atoms with Gasteiger partial charge in [-0.15, -0.1) is 11.3 Å². The minimum atomic E-state index is 0.686. The summed E-state index contributed by atoms with van der Waals surface area (Å²) in [6.07, 6.45) is 1.01. The Kier molecular flexibility index (Phi) is 6.79. The summed E-state index contributed by atoms with van der Waals surface area (Å²) in [6.45, 7) is 11.6. The fourth-order valence-corrected chi connectivity index (χ4v) is 5.09. The second kappa shape index (κ2) is 8.36. The van der Waals surface area contributed by atoms with Gasteiger partial charge in [0.15, 0.2) is 5.13 Å². The van der Waals surface area contributed by atoms with E-state index in [4.69, 9.17) is 9.72 Å². The molecule has 1 saturated heterocycles. The van der Waals surface area contributed by atoms with Gasteiger partial charge in [0.05, 0.1) is 12.3 Å². The lowest BCUT2D eigenvalue weighted by atomic mass is 10.3. The maximum Gasteiger partial charge on any atom is 0.185 e. The van der Waals surface area contributed by atoms with E-state index in [1.54, 1.807) is 7.11 Å². The van der Waals surface area contributed by atoms with E-state index in [-0.39, 0.29) is 0 Å². The molecule has 2 atom stereocenters. The minimum Gasteiger partial charge on any atom is -0.383 e. The molecule has 0 bridgehead atoms. The smallest absolute Gasteiger partial charge is 0.185 e. The van der Waals surface area contributed by atoms with Crippen LogP contribution in [0.4, 0.5) is 5.13 Å². The SMILES string of the molecule is CCc1nc(N2CC(C)SC(C)C2)sc1CNCCOC. The normalized spacial score (nSPS) is 22.8. The topological polar surface area (TPSA) is 37.4 Å². The number of ether oxygens (including phenoxy) is 1. The fourth-order valence-electron chi connectivity index (χ4n) is 2.63. The monoisotopic (exact) mass is 329 g/mol. The van der Waals surface area contributed by atoms with E-state index in [0.29, 0.717) is 10.5 Å². The molecule has 0 spiro atoms. The van der Waals surface area contributed by atoms with Crippen LogP contribution in [0, 0.1) is 0 Å². The number of aryl methyl sites for hydroxylation is 1. The largest absolute Gasteiger partial charge is 0.383 e. The zero-order valence-corrected chi connectivity index (χ0v) is 15.1. The Morgan fingerprint density at radius 3 is 2.67 bits per heavy atom. The van der Waals surface area contributed by atoms with Gasteiger partial charge in [0, 0.05) is 48.7 Å². The van der Waals surface area contributed by atoms with Crippen molar-refractivity contribution >= 4 is 28.2 Å². The third kappa shape index (κ3) is 4.84. The summed E-state index contributed by atoms with van der Waals surface area (Å²) < 4.78 is 5.08. The first kappa shape index (κ1) is 17.1. The molecule has 2 unspecified atom stereocenters. The molecule has 2 rings (SSSR count). The van der Waals surface area contributed by atoms with Crippen molar-refractivity contribution in [2.45, 2.75) is 44.2 Å². The molecule has 6 heteroatoms. The maximum atomic E-state index is 5.08. The number of aromatic nitrogens is 1. The van der Waals surface area contributed by atoms with Gasteiger partial charge >= 0.3 is 0 Å². The average molecular weight is 330 g/mol. The summed E-state index contributed by atoms with van der Waals surface area (Å²) in [5, 5.41) is 6.01. The van der Waals surface area contributed by atoms with Gasteiger partial charge in [-0.3, -0.25) is 0 Å². The molecule has 0 amide bonds. The number of anilines is 1. The first-order chi connectivity index (χ1) is 10.1. The van der Waals surface area contributed by atoms with Crippen LogP contribution >= 0.6 is 23.1 Å². The molecule has 1 N–H and O–H groups in total. The van der Waals surface area contributed by atoms with Gasteiger partial charge in [-0.2, -0.15) is 11.8 Å². The van der Waals surface area contributed by atoms with Crippen LogP contribution in [0.2, 0.25) is 0 Å². The summed E-state index contributed by atoms with van der Waals surface area (Å²) in [5.74, 6) is 0. The predicted molar refractivity (Wildman–Crippen MR) is 93.8 cm³/mol. The van der Waals surface area contributed by atoms with Crippen LogP contribution in [-0.2, 0) is 17.7 Å². The van der Waals surface area contributed by atoms with Crippen molar-refractivity contribution in [2.24, 2.45) is 0 Å². The highest BCUT2D eigenvalue weighted by Gasteiger charge is 2.25. The van der Waals surface area contributed by atoms with Crippen LogP contribution < -0.4 is 10.2 Å². The summed E-state index contributed by atoms with van der Waals surface area (Å²) >= 11 is 3.94. The lowest BCUT2D eigenvalue weighted by Gasteiger charge is -2.34. The van der Waals surface area contributed by atoms with Gasteiger partial charge in [-0.05, 0) is 6.42 Å². The quantitative estimate of drug-likeness (QED) is 0.779. The van der Waals surface area contributed by atoms with Gasteiger partial charge in [-0.25, -0.2) is 4.98 Å². The molecule has 0 aromatic carbocycles. The van der Waals surface area contributed by atoms with Gasteiger partial charge in [0.25, 0.3) is 0 Å². The third-order valence-electron chi connectivity index (χ3n) is 3.56. The molecular weight excluding hydrogens is 302 g/mol. The Labute approximate surface area is 136 Å². The lowest BCUT2D eigenvalue weighted by molar-refractivity contribution is 0.199. The molecule has 2 heterocycles. The zero-order chi connectivity index (χ0) is 15.2. The van der Waals surface area contributed by atoms with E-state index in [1.165, 1.54) is 15.7 Å². The molecule has 21 heavy (non-hydrogen) atoms. The number of nitrogens with one attached hydrogen (secondary N) is 1. The first-order valence-corrected chi connectivity index (χ1v) is 9.48. The highest BCUT2D eigenvalue weighted by Crippen LogP contribution is 2.32. The Balaban J connectivity index is 2.01. The molecular formula is C15H27N3OS2. The van der Waals surface area contributed by atoms with Crippen molar-refractivity contribution in [3.63, 3.8) is 0 Å². The number of hydrogen-bond donors (Lipinski definition) is 1. The molecule has 1 aliphatic heterocycles. The Morgan fingerprint density at radius 2 is 2.05 bits per heavy atom. The van der Waals surface area contributed by atoms with Crippen LogP contribution in [0.15, 0.2) is 0 Å². The molecule has 0 radical (unpaired) electrons. The van der Waals surface area contributed by atoms with Crippen molar-refractivity contribution in [1.82, 2.24) is 10.3 Å². The number of nitrogens with zero attached hydrogens (tertiary/aromatic N) is 2. The molecule has 1 fully saturated rings. The van der Waals surface area contributed by atoms with Crippen LogP contribution in [0.1, 0.15) is 31.3 Å².